The van der Waals surface area contributed by atoms with E-state index < -0.39 is 17.0 Å². The van der Waals surface area contributed by atoms with Crippen LogP contribution in [0.4, 0.5) is 0 Å². The second kappa shape index (κ2) is 11.9. The molecule has 1 aromatic rings. The Balaban J connectivity index is 0.00000118. The van der Waals surface area contributed by atoms with Crippen LogP contribution in [0.2, 0.25) is 0 Å². The molecule has 24 heavy (non-hydrogen) atoms. The second-order valence-electron chi connectivity index (χ2n) is 5.64. The number of benzene rings is 1. The molecule has 0 spiro atoms. The molecule has 0 atom stereocenters. The lowest BCUT2D eigenvalue weighted by Crippen LogP contribution is -2.26. The number of nitrogens with one attached hydrogen (secondary N) is 1. The van der Waals surface area contributed by atoms with Crippen LogP contribution >= 0.6 is 0 Å². The molecule has 0 unspecified atom stereocenters. The maximum absolute atomic E-state index is 11.9. The van der Waals surface area contributed by atoms with Crippen LogP contribution in [0.25, 0.3) is 0 Å². The van der Waals surface area contributed by atoms with Gasteiger partial charge in [-0.05, 0) is 24.0 Å². The first-order chi connectivity index (χ1) is 11.2. The number of carboxylic acid groups (broad SMARTS) is 1. The van der Waals surface area contributed by atoms with Gasteiger partial charge in [-0.15, -0.1) is 10.1 Å². The van der Waals surface area contributed by atoms with Gasteiger partial charge in [0.2, 0.25) is 0 Å². The normalized spacial score (nSPS) is 9.67. The number of aliphatic carboxylic acids is 1. The van der Waals surface area contributed by atoms with E-state index in [0.29, 0.717) is 12.0 Å². The van der Waals surface area contributed by atoms with E-state index in [2.05, 4.69) is 30.9 Å². The fourth-order valence-electron chi connectivity index (χ4n) is 1.53. The summed E-state index contributed by atoms with van der Waals surface area (Å²) in [5.41, 5.74) is 0.657. The topological polar surface area (TPSA) is 119 Å². The highest BCUT2D eigenvalue weighted by Gasteiger charge is 2.11. The van der Waals surface area contributed by atoms with Gasteiger partial charge in [0.25, 0.3) is 11.0 Å². The zero-order valence-electron chi connectivity index (χ0n) is 14.2. The van der Waals surface area contributed by atoms with Crippen LogP contribution in [-0.2, 0) is 16.2 Å². The lowest BCUT2D eigenvalue weighted by Gasteiger charge is -2.09. The second-order valence-corrected chi connectivity index (χ2v) is 5.64. The number of carboxylic acids is 1. The predicted molar refractivity (Wildman–Crippen MR) is 87.9 cm³/mol. The average molecular weight is 340 g/mol. The Labute approximate surface area is 140 Å². The van der Waals surface area contributed by atoms with Crippen molar-refractivity contribution >= 4 is 11.9 Å². The minimum absolute atomic E-state index is 0.0354. The quantitative estimate of drug-likeness (QED) is 0.426. The third-order valence-electron chi connectivity index (χ3n) is 2.44. The van der Waals surface area contributed by atoms with Crippen LogP contribution in [-0.4, -0.2) is 28.6 Å². The van der Waals surface area contributed by atoms with Crippen molar-refractivity contribution in [3.8, 4) is 0 Å². The molecule has 0 saturated carbocycles. The molecule has 0 heterocycles. The van der Waals surface area contributed by atoms with Crippen LogP contribution in [0, 0.1) is 16.0 Å². The Bertz CT molecular complexity index is 542. The zero-order chi connectivity index (χ0) is 18.5. The fraction of sp³-hybridized carbons (Fsp3) is 0.500. The molecule has 0 aliphatic carbocycles. The molecule has 0 saturated heterocycles. The summed E-state index contributed by atoms with van der Waals surface area (Å²) in [4.78, 5) is 36.6. The maximum Gasteiger partial charge on any atom is 0.303 e. The maximum atomic E-state index is 11.9. The van der Waals surface area contributed by atoms with Crippen molar-refractivity contribution in [2.24, 2.45) is 5.92 Å². The monoisotopic (exact) mass is 340 g/mol. The van der Waals surface area contributed by atoms with E-state index in [9.17, 15) is 19.7 Å². The number of hydrogen-bond acceptors (Lipinski definition) is 5. The summed E-state index contributed by atoms with van der Waals surface area (Å²) < 4.78 is 0. The van der Waals surface area contributed by atoms with E-state index in [-0.39, 0.29) is 25.1 Å². The smallest absolute Gasteiger partial charge is 0.303 e. The first-order valence-corrected chi connectivity index (χ1v) is 7.59. The summed E-state index contributed by atoms with van der Waals surface area (Å²) in [6, 6.07) is 6.34. The van der Waals surface area contributed by atoms with Gasteiger partial charge in [0.1, 0.15) is 6.61 Å². The van der Waals surface area contributed by atoms with Crippen molar-refractivity contribution in [1.82, 2.24) is 5.32 Å². The minimum Gasteiger partial charge on any atom is -0.481 e. The number of amides is 1. The van der Waals surface area contributed by atoms with E-state index in [0.717, 1.165) is 5.92 Å². The fourth-order valence-corrected chi connectivity index (χ4v) is 1.53. The summed E-state index contributed by atoms with van der Waals surface area (Å²) >= 11 is 0. The first kappa shape index (κ1) is 21.4. The molecule has 8 heteroatoms. The summed E-state index contributed by atoms with van der Waals surface area (Å²) in [7, 11) is 0. The standard InChI is InChI=1S/C12H14N2O6.C4H10/c15-11(16)6-3-7-13-12(17)10-5-2-1-4-9(10)8-20-14(18)19;1-4(2)3/h1-2,4-5H,3,6-8H2,(H,13,17)(H,15,16);4H,1-3H3. The Morgan fingerprint density at radius 1 is 1.29 bits per heavy atom. The molecule has 0 bridgehead atoms. The van der Waals surface area contributed by atoms with Crippen LogP contribution in [0.3, 0.4) is 0 Å². The lowest BCUT2D eigenvalue weighted by molar-refractivity contribution is -0.763. The van der Waals surface area contributed by atoms with Crippen LogP contribution in [0.5, 0.6) is 0 Å². The van der Waals surface area contributed by atoms with Gasteiger partial charge in [-0.2, -0.15) is 0 Å². The van der Waals surface area contributed by atoms with Crippen molar-refractivity contribution in [2.45, 2.75) is 40.2 Å². The molecular weight excluding hydrogens is 316 g/mol. The zero-order valence-corrected chi connectivity index (χ0v) is 14.2. The summed E-state index contributed by atoms with van der Waals surface area (Å²) in [6.07, 6.45) is 0.279. The van der Waals surface area contributed by atoms with E-state index in [1.165, 1.54) is 6.07 Å². The molecule has 0 aliphatic heterocycles. The summed E-state index contributed by atoms with van der Waals surface area (Å²) in [5, 5.41) is 20.3. The van der Waals surface area contributed by atoms with Gasteiger partial charge in [0.05, 0.1) is 0 Å². The van der Waals surface area contributed by atoms with E-state index >= 15 is 0 Å². The third-order valence-corrected chi connectivity index (χ3v) is 2.44. The third kappa shape index (κ3) is 11.0. The van der Waals surface area contributed by atoms with Crippen molar-refractivity contribution in [1.29, 1.82) is 0 Å². The minimum atomic E-state index is -0.931. The highest BCUT2D eigenvalue weighted by atomic mass is 16.9. The largest absolute Gasteiger partial charge is 0.481 e. The van der Waals surface area contributed by atoms with Gasteiger partial charge in [-0.1, -0.05) is 39.0 Å². The average Bonchev–Trinajstić information content (AvgIpc) is 2.49. The molecule has 0 radical (unpaired) electrons. The molecule has 0 aliphatic rings. The molecule has 2 N–H and O–H groups in total. The summed E-state index contributed by atoms with van der Waals surface area (Å²) in [6.45, 7) is 6.40. The van der Waals surface area contributed by atoms with Crippen molar-refractivity contribution in [2.75, 3.05) is 6.54 Å². The molecule has 1 rings (SSSR count). The first-order valence-electron chi connectivity index (χ1n) is 7.59. The van der Waals surface area contributed by atoms with Crippen molar-refractivity contribution in [3.63, 3.8) is 0 Å². The van der Waals surface area contributed by atoms with Crippen molar-refractivity contribution < 1.29 is 24.6 Å². The molecular formula is C16H24N2O6. The lowest BCUT2D eigenvalue weighted by atomic mass is 10.1. The van der Waals surface area contributed by atoms with Gasteiger partial charge in [-0.25, -0.2) is 0 Å². The van der Waals surface area contributed by atoms with Gasteiger partial charge in [0, 0.05) is 18.5 Å². The highest BCUT2D eigenvalue weighted by Crippen LogP contribution is 2.10. The Morgan fingerprint density at radius 3 is 2.42 bits per heavy atom. The van der Waals surface area contributed by atoms with Crippen molar-refractivity contribution in [3.05, 3.63) is 45.5 Å². The molecule has 1 amide bonds. The van der Waals surface area contributed by atoms with E-state index in [1.54, 1.807) is 18.2 Å². The number of hydrogen-bond donors (Lipinski definition) is 2. The summed E-state index contributed by atoms with van der Waals surface area (Å²) in [5.74, 6) is -0.517. The number of nitrogens with zero attached hydrogens (tertiary/aromatic N) is 1. The van der Waals surface area contributed by atoms with E-state index in [4.69, 9.17) is 5.11 Å². The SMILES string of the molecule is CC(C)C.O=C(O)CCCNC(=O)c1ccccc1CO[N+](=O)[O-]. The van der Waals surface area contributed by atoms with Gasteiger partial charge in [0.15, 0.2) is 0 Å². The van der Waals surface area contributed by atoms with Crippen LogP contribution in [0.15, 0.2) is 24.3 Å². The molecule has 8 nitrogen and oxygen atoms in total. The Morgan fingerprint density at radius 2 is 1.88 bits per heavy atom. The predicted octanol–water partition coefficient (Wildman–Crippen LogP) is 2.65. The molecule has 134 valence electrons. The van der Waals surface area contributed by atoms with E-state index in [1.807, 2.05) is 0 Å². The van der Waals surface area contributed by atoms with Crippen LogP contribution < -0.4 is 5.32 Å². The molecule has 0 aromatic heterocycles. The number of rotatable bonds is 8. The van der Waals surface area contributed by atoms with Crippen LogP contribution in [0.1, 0.15) is 49.5 Å². The highest BCUT2D eigenvalue weighted by molar-refractivity contribution is 5.95. The number of carbonyl (C=O) groups is 2. The Hall–Kier alpha value is -2.64. The van der Waals surface area contributed by atoms with Gasteiger partial charge in [-0.3, -0.25) is 9.59 Å². The molecule has 1 aromatic carbocycles. The Kier molecular flexibility index (Phi) is 10.6. The number of carbonyl (C=O) groups excluding carboxylic acids is 1. The molecule has 0 fully saturated rings. The van der Waals surface area contributed by atoms with Gasteiger partial charge < -0.3 is 15.3 Å². The van der Waals surface area contributed by atoms with Gasteiger partial charge >= 0.3 is 5.97 Å².